The second kappa shape index (κ2) is 7.51. The van der Waals surface area contributed by atoms with Gasteiger partial charge in [0.2, 0.25) is 0 Å². The average Bonchev–Trinajstić information content (AvgIpc) is 2.93. The topological polar surface area (TPSA) is 24.5 Å². The van der Waals surface area contributed by atoms with Crippen molar-refractivity contribution in [3.8, 4) is 5.75 Å². The van der Waals surface area contributed by atoms with Crippen molar-refractivity contribution in [3.05, 3.63) is 29.8 Å². The summed E-state index contributed by atoms with van der Waals surface area (Å²) in [7, 11) is 0. The van der Waals surface area contributed by atoms with Gasteiger partial charge in [0, 0.05) is 12.6 Å². The Hall–Kier alpha value is -1.06. The normalized spacial score (nSPS) is 17.6. The van der Waals surface area contributed by atoms with E-state index in [9.17, 15) is 0 Å². The Labute approximate surface area is 116 Å². The molecule has 1 aromatic rings. The maximum absolute atomic E-state index is 5.87. The third kappa shape index (κ3) is 4.51. The Morgan fingerprint density at radius 2 is 2.11 bits per heavy atom. The van der Waals surface area contributed by atoms with Crippen molar-refractivity contribution >= 4 is 0 Å². The molecule has 19 heavy (non-hydrogen) atoms. The number of benzene rings is 1. The van der Waals surface area contributed by atoms with Crippen LogP contribution in [0, 0.1) is 0 Å². The van der Waals surface area contributed by atoms with Gasteiger partial charge >= 0.3 is 0 Å². The molecule has 3 heteroatoms. The van der Waals surface area contributed by atoms with E-state index in [-0.39, 0.29) is 0 Å². The zero-order valence-corrected chi connectivity index (χ0v) is 12.2. The van der Waals surface area contributed by atoms with E-state index in [1.54, 1.807) is 0 Å². The first-order valence-electron chi connectivity index (χ1n) is 7.48. The van der Waals surface area contributed by atoms with Crippen LogP contribution in [-0.2, 0) is 0 Å². The van der Waals surface area contributed by atoms with Crippen LogP contribution in [0.2, 0.25) is 0 Å². The van der Waals surface area contributed by atoms with Crippen LogP contribution < -0.4 is 10.1 Å². The van der Waals surface area contributed by atoms with Crippen LogP contribution >= 0.6 is 0 Å². The fraction of sp³-hybridized carbons (Fsp3) is 0.625. The number of nitrogens with zero attached hydrogens (tertiary/aromatic N) is 1. The fourth-order valence-electron chi connectivity index (χ4n) is 2.60. The van der Waals surface area contributed by atoms with Crippen LogP contribution in [0.5, 0.6) is 5.75 Å². The van der Waals surface area contributed by atoms with E-state index in [1.165, 1.54) is 31.5 Å². The third-order valence-corrected chi connectivity index (χ3v) is 3.74. The largest absolute Gasteiger partial charge is 0.492 e. The molecule has 1 saturated heterocycles. The van der Waals surface area contributed by atoms with E-state index >= 15 is 0 Å². The molecule has 0 bridgehead atoms. The molecule has 0 spiro atoms. The van der Waals surface area contributed by atoms with Crippen molar-refractivity contribution in [3.63, 3.8) is 0 Å². The van der Waals surface area contributed by atoms with E-state index in [4.69, 9.17) is 4.74 Å². The lowest BCUT2D eigenvalue weighted by atomic mass is 10.1. The number of ether oxygens (including phenoxy) is 1. The Morgan fingerprint density at radius 1 is 1.32 bits per heavy atom. The van der Waals surface area contributed by atoms with Crippen LogP contribution in [0.1, 0.15) is 38.3 Å². The Bertz CT molecular complexity index is 375. The summed E-state index contributed by atoms with van der Waals surface area (Å²) in [5.41, 5.74) is 1.29. The van der Waals surface area contributed by atoms with Crippen LogP contribution in [0.4, 0.5) is 0 Å². The van der Waals surface area contributed by atoms with Gasteiger partial charge in [0.15, 0.2) is 0 Å². The second-order valence-corrected chi connectivity index (χ2v) is 5.25. The second-order valence-electron chi connectivity index (χ2n) is 5.25. The average molecular weight is 262 g/mol. The molecular weight excluding hydrogens is 236 g/mol. The first-order valence-corrected chi connectivity index (χ1v) is 7.48. The lowest BCUT2D eigenvalue weighted by Gasteiger charge is -2.16. The molecule has 1 unspecified atom stereocenters. The highest BCUT2D eigenvalue weighted by atomic mass is 16.5. The van der Waals surface area contributed by atoms with Crippen molar-refractivity contribution in [2.45, 2.75) is 32.7 Å². The highest BCUT2D eigenvalue weighted by Crippen LogP contribution is 2.19. The van der Waals surface area contributed by atoms with Gasteiger partial charge in [0.25, 0.3) is 0 Å². The summed E-state index contributed by atoms with van der Waals surface area (Å²) in [5, 5.41) is 3.43. The zero-order chi connectivity index (χ0) is 13.5. The predicted octanol–water partition coefficient (Wildman–Crippen LogP) is 2.83. The molecule has 0 amide bonds. The molecule has 0 aromatic heterocycles. The molecule has 0 saturated carbocycles. The van der Waals surface area contributed by atoms with E-state index < -0.39 is 0 Å². The van der Waals surface area contributed by atoms with Gasteiger partial charge in [-0.25, -0.2) is 0 Å². The first kappa shape index (κ1) is 14.4. The van der Waals surface area contributed by atoms with E-state index in [1.807, 2.05) is 6.07 Å². The van der Waals surface area contributed by atoms with Gasteiger partial charge < -0.3 is 10.1 Å². The SMILES string of the molecule is CCNC(C)c1cccc(OCCN2CCCC2)c1. The van der Waals surface area contributed by atoms with Gasteiger partial charge in [-0.15, -0.1) is 0 Å². The number of hydrogen-bond donors (Lipinski definition) is 1. The van der Waals surface area contributed by atoms with Gasteiger partial charge in [-0.3, -0.25) is 4.90 Å². The molecule has 106 valence electrons. The Balaban J connectivity index is 1.80. The van der Waals surface area contributed by atoms with Crippen molar-refractivity contribution in [2.75, 3.05) is 32.8 Å². The fourth-order valence-corrected chi connectivity index (χ4v) is 2.60. The summed E-state index contributed by atoms with van der Waals surface area (Å²) < 4.78 is 5.87. The maximum Gasteiger partial charge on any atom is 0.119 e. The molecule has 0 radical (unpaired) electrons. The highest BCUT2D eigenvalue weighted by Gasteiger charge is 2.11. The smallest absolute Gasteiger partial charge is 0.119 e. The minimum Gasteiger partial charge on any atom is -0.492 e. The van der Waals surface area contributed by atoms with Crippen molar-refractivity contribution in [1.82, 2.24) is 10.2 Å². The van der Waals surface area contributed by atoms with Gasteiger partial charge in [-0.2, -0.15) is 0 Å². The van der Waals surface area contributed by atoms with Gasteiger partial charge in [0.1, 0.15) is 12.4 Å². The summed E-state index contributed by atoms with van der Waals surface area (Å²) in [4.78, 5) is 2.48. The molecule has 1 aliphatic rings. The first-order chi connectivity index (χ1) is 9.29. The third-order valence-electron chi connectivity index (χ3n) is 3.74. The van der Waals surface area contributed by atoms with Gasteiger partial charge in [-0.05, 0) is 57.1 Å². The van der Waals surface area contributed by atoms with Crippen molar-refractivity contribution in [2.24, 2.45) is 0 Å². The molecule has 1 atom stereocenters. The number of likely N-dealkylation sites (tertiary alicyclic amines) is 1. The Morgan fingerprint density at radius 3 is 2.84 bits per heavy atom. The molecule has 2 rings (SSSR count). The van der Waals surface area contributed by atoms with Crippen LogP contribution in [0.25, 0.3) is 0 Å². The van der Waals surface area contributed by atoms with Gasteiger partial charge in [0.05, 0.1) is 0 Å². The number of rotatable bonds is 7. The minimum absolute atomic E-state index is 0.382. The minimum atomic E-state index is 0.382. The van der Waals surface area contributed by atoms with Crippen LogP contribution in [-0.4, -0.2) is 37.7 Å². The summed E-state index contributed by atoms with van der Waals surface area (Å²) >= 11 is 0. The predicted molar refractivity (Wildman–Crippen MR) is 79.7 cm³/mol. The number of hydrogen-bond acceptors (Lipinski definition) is 3. The molecule has 1 fully saturated rings. The summed E-state index contributed by atoms with van der Waals surface area (Å²) in [6, 6.07) is 8.81. The van der Waals surface area contributed by atoms with Crippen molar-refractivity contribution < 1.29 is 4.74 Å². The van der Waals surface area contributed by atoms with E-state index in [2.05, 4.69) is 42.3 Å². The molecular formula is C16H26N2O. The highest BCUT2D eigenvalue weighted by molar-refractivity contribution is 5.30. The van der Waals surface area contributed by atoms with Crippen LogP contribution in [0.3, 0.4) is 0 Å². The van der Waals surface area contributed by atoms with Gasteiger partial charge in [-0.1, -0.05) is 19.1 Å². The molecule has 1 aliphatic heterocycles. The Kier molecular flexibility index (Phi) is 5.67. The summed E-state index contributed by atoms with van der Waals surface area (Å²) in [5.74, 6) is 0.987. The van der Waals surface area contributed by atoms with E-state index in [0.29, 0.717) is 6.04 Å². The molecule has 0 aliphatic carbocycles. The monoisotopic (exact) mass is 262 g/mol. The number of nitrogens with one attached hydrogen (secondary N) is 1. The lowest BCUT2D eigenvalue weighted by molar-refractivity contribution is 0.237. The molecule has 1 aromatic carbocycles. The molecule has 3 nitrogen and oxygen atoms in total. The molecule has 1 N–H and O–H groups in total. The van der Waals surface area contributed by atoms with Crippen LogP contribution in [0.15, 0.2) is 24.3 Å². The summed E-state index contributed by atoms with van der Waals surface area (Å²) in [6.07, 6.45) is 2.69. The molecule has 1 heterocycles. The lowest BCUT2D eigenvalue weighted by Crippen LogP contribution is -2.25. The van der Waals surface area contributed by atoms with Crippen molar-refractivity contribution in [1.29, 1.82) is 0 Å². The zero-order valence-electron chi connectivity index (χ0n) is 12.2. The maximum atomic E-state index is 5.87. The van der Waals surface area contributed by atoms with E-state index in [0.717, 1.165) is 25.4 Å². The quantitative estimate of drug-likeness (QED) is 0.818. The standard InChI is InChI=1S/C16H26N2O/c1-3-17-14(2)15-7-6-8-16(13-15)19-12-11-18-9-4-5-10-18/h6-8,13-14,17H,3-5,9-12H2,1-2H3. The summed E-state index contributed by atoms with van der Waals surface area (Å²) in [6.45, 7) is 9.62.